The Morgan fingerprint density at radius 3 is 1.71 bits per heavy atom. The lowest BCUT2D eigenvalue weighted by molar-refractivity contribution is -0.228. The van der Waals surface area contributed by atoms with Crippen molar-refractivity contribution in [3.8, 4) is 23.0 Å². The molecule has 2 bridgehead atoms. The molecular weight excluding hydrogens is 592 g/mol. The van der Waals surface area contributed by atoms with Crippen LogP contribution in [0.15, 0.2) is 36.4 Å². The number of benzene rings is 4. The van der Waals surface area contributed by atoms with Gasteiger partial charge in [-0.2, -0.15) is 0 Å². The minimum Gasteiger partial charge on any atom is -0.508 e. The van der Waals surface area contributed by atoms with E-state index in [1.54, 1.807) is 0 Å². The first-order valence-corrected chi connectivity index (χ1v) is 17.5. The number of aromatic hydroxyl groups is 1. The summed E-state index contributed by atoms with van der Waals surface area (Å²) in [6, 6.07) is 13.2. The lowest BCUT2D eigenvalue weighted by Crippen LogP contribution is -2.59. The second-order valence-electron chi connectivity index (χ2n) is 16.5. The number of ether oxygens (including phenoxy) is 3. The van der Waals surface area contributed by atoms with Crippen molar-refractivity contribution in [1.82, 2.24) is 0 Å². The summed E-state index contributed by atoms with van der Waals surface area (Å²) in [4.78, 5) is 0. The van der Waals surface area contributed by atoms with Crippen molar-refractivity contribution in [2.24, 2.45) is 10.8 Å². The van der Waals surface area contributed by atoms with Crippen molar-refractivity contribution in [3.63, 3.8) is 0 Å². The van der Waals surface area contributed by atoms with Crippen LogP contribution in [-0.4, -0.2) is 5.11 Å². The Labute approximate surface area is 287 Å². The van der Waals surface area contributed by atoms with Crippen molar-refractivity contribution < 1.29 is 19.3 Å². The first kappa shape index (κ1) is 32.6. The number of phenolic OH excluding ortho intramolecular Hbond substituents is 1. The summed E-state index contributed by atoms with van der Waals surface area (Å²) in [7, 11) is 0. The van der Waals surface area contributed by atoms with Gasteiger partial charge in [-0.15, -0.1) is 0 Å². The van der Waals surface area contributed by atoms with E-state index in [1.807, 2.05) is 13.0 Å². The predicted octanol–water partition coefficient (Wildman–Crippen LogP) is 11.2. The van der Waals surface area contributed by atoms with Crippen LogP contribution in [-0.2, 0) is 5.79 Å². The van der Waals surface area contributed by atoms with Crippen LogP contribution in [0, 0.1) is 73.1 Å². The summed E-state index contributed by atoms with van der Waals surface area (Å²) >= 11 is 0. The maximum absolute atomic E-state index is 11.1. The fourth-order valence-electron chi connectivity index (χ4n) is 9.13. The molecule has 4 nitrogen and oxygen atoms in total. The van der Waals surface area contributed by atoms with Crippen molar-refractivity contribution in [1.29, 1.82) is 0 Å². The predicted molar refractivity (Wildman–Crippen MR) is 194 cm³/mol. The van der Waals surface area contributed by atoms with Crippen molar-refractivity contribution in [2.45, 2.75) is 121 Å². The maximum atomic E-state index is 11.1. The molecule has 7 rings (SSSR count). The van der Waals surface area contributed by atoms with E-state index in [1.165, 1.54) is 50.1 Å². The van der Waals surface area contributed by atoms with E-state index in [9.17, 15) is 5.11 Å². The van der Waals surface area contributed by atoms with Crippen LogP contribution >= 0.6 is 0 Å². The number of rotatable bonds is 2. The van der Waals surface area contributed by atoms with Gasteiger partial charge in [-0.3, -0.25) is 0 Å². The molecule has 0 amide bonds. The summed E-state index contributed by atoms with van der Waals surface area (Å²) < 4.78 is 22.1. The fourth-order valence-corrected chi connectivity index (χ4v) is 9.13. The van der Waals surface area contributed by atoms with Gasteiger partial charge >= 0.3 is 0 Å². The Balaban J connectivity index is 1.57. The quantitative estimate of drug-likeness (QED) is 0.236. The summed E-state index contributed by atoms with van der Waals surface area (Å²) in [5.74, 6) is 1.64. The minimum absolute atomic E-state index is 0.129. The highest BCUT2D eigenvalue weighted by Crippen LogP contribution is 2.69. The lowest BCUT2D eigenvalue weighted by Gasteiger charge is -2.58. The van der Waals surface area contributed by atoms with Crippen LogP contribution in [0.5, 0.6) is 23.0 Å². The third-order valence-electron chi connectivity index (χ3n) is 12.9. The molecule has 1 N–H and O–H groups in total. The molecule has 0 aliphatic carbocycles. The van der Waals surface area contributed by atoms with Crippen LogP contribution in [0.3, 0.4) is 0 Å². The average molecular weight is 645 g/mol. The van der Waals surface area contributed by atoms with Crippen molar-refractivity contribution in [2.75, 3.05) is 0 Å². The van der Waals surface area contributed by atoms with E-state index in [0.717, 1.165) is 39.3 Å². The molecule has 0 radical (unpaired) electrons. The van der Waals surface area contributed by atoms with Gasteiger partial charge in [0.25, 0.3) is 5.79 Å². The molecule has 0 saturated carbocycles. The van der Waals surface area contributed by atoms with Gasteiger partial charge in [-0.25, -0.2) is 0 Å². The first-order chi connectivity index (χ1) is 22.3. The third-order valence-corrected chi connectivity index (χ3v) is 12.9. The second kappa shape index (κ2) is 10.3. The molecule has 0 spiro atoms. The normalized spacial score (nSPS) is 24.4. The molecule has 4 atom stereocenters. The zero-order valence-electron chi connectivity index (χ0n) is 31.4. The third kappa shape index (κ3) is 4.13. The molecule has 3 heterocycles. The largest absolute Gasteiger partial charge is 0.508 e. The van der Waals surface area contributed by atoms with Crippen molar-refractivity contribution in [3.05, 3.63) is 114 Å². The molecule has 4 unspecified atom stereocenters. The van der Waals surface area contributed by atoms with Gasteiger partial charge in [-0.1, -0.05) is 46.8 Å². The molecule has 3 aliphatic rings. The first-order valence-electron chi connectivity index (χ1n) is 17.5. The molecule has 48 heavy (non-hydrogen) atoms. The zero-order chi connectivity index (χ0) is 35.0. The van der Waals surface area contributed by atoms with Crippen LogP contribution in [0.2, 0.25) is 0 Å². The van der Waals surface area contributed by atoms with E-state index in [2.05, 4.69) is 120 Å². The van der Waals surface area contributed by atoms with Crippen LogP contribution < -0.4 is 14.2 Å². The highest BCUT2D eigenvalue weighted by Gasteiger charge is 2.65. The standard InChI is InChI=1S/C44H52O4/c1-21-15-31(16-22(2)27(21)7)41-42(11,12)30(10)35-26(6)20-34-37(40(35)46-41)38-36-25(5)19-33(45)29(9)39(36)48-44(47-34,43(38,13)14)32-17-23(3)28(8)24(4)18-32/h15-20,30,38,41,45H,1-14H3. The number of hydrogen-bond acceptors (Lipinski definition) is 4. The van der Waals surface area contributed by atoms with Crippen LogP contribution in [0.4, 0.5) is 0 Å². The Bertz CT molecular complexity index is 2000. The Kier molecular flexibility index (Phi) is 7.00. The number of phenols is 1. The summed E-state index contributed by atoms with van der Waals surface area (Å²) in [6.45, 7) is 31.0. The van der Waals surface area contributed by atoms with Gasteiger partial charge in [0.1, 0.15) is 29.1 Å². The molecule has 0 fully saturated rings. The summed E-state index contributed by atoms with van der Waals surface area (Å²) in [5.41, 5.74) is 15.4. The molecule has 252 valence electrons. The SMILES string of the molecule is Cc1cc(C2Oc3c(c(C)cc4c3C3c5c(C)cc(O)c(C)c5OC(c5cc(C)c(C)c(C)c5)(O4)C3(C)C)C(C)C2(C)C)cc(C)c1C. The van der Waals surface area contributed by atoms with E-state index in [4.69, 9.17) is 14.2 Å². The van der Waals surface area contributed by atoms with Crippen LogP contribution in [0.1, 0.15) is 130 Å². The Morgan fingerprint density at radius 2 is 1.12 bits per heavy atom. The molecule has 0 aromatic heterocycles. The Hall–Kier alpha value is -3.92. The smallest absolute Gasteiger partial charge is 0.284 e. The fraction of sp³-hybridized carbons (Fsp3) is 0.455. The van der Waals surface area contributed by atoms with E-state index >= 15 is 0 Å². The zero-order valence-corrected chi connectivity index (χ0v) is 31.4. The highest BCUT2D eigenvalue weighted by molar-refractivity contribution is 5.68. The van der Waals surface area contributed by atoms with Gasteiger partial charge in [0.15, 0.2) is 0 Å². The Morgan fingerprint density at radius 1 is 0.583 bits per heavy atom. The van der Waals surface area contributed by atoms with Gasteiger partial charge in [-0.05, 0) is 143 Å². The van der Waals surface area contributed by atoms with Gasteiger partial charge < -0.3 is 19.3 Å². The molecule has 0 saturated heterocycles. The van der Waals surface area contributed by atoms with E-state index < -0.39 is 11.2 Å². The summed E-state index contributed by atoms with van der Waals surface area (Å²) in [6.07, 6.45) is -0.150. The topological polar surface area (TPSA) is 47.9 Å². The molecule has 4 heteroatoms. The summed E-state index contributed by atoms with van der Waals surface area (Å²) in [5, 5.41) is 11.1. The van der Waals surface area contributed by atoms with Gasteiger partial charge in [0.2, 0.25) is 0 Å². The van der Waals surface area contributed by atoms with Crippen LogP contribution in [0.25, 0.3) is 0 Å². The molecule has 3 aliphatic heterocycles. The minimum atomic E-state index is -1.14. The number of hydrogen-bond donors (Lipinski definition) is 1. The molecule has 4 aromatic carbocycles. The lowest BCUT2D eigenvalue weighted by atomic mass is 9.58. The monoisotopic (exact) mass is 644 g/mol. The number of fused-ring (bicyclic) bond motifs is 8. The van der Waals surface area contributed by atoms with Gasteiger partial charge in [0.05, 0.1) is 5.41 Å². The molecular formula is C44H52O4. The van der Waals surface area contributed by atoms with E-state index in [0.29, 0.717) is 5.75 Å². The maximum Gasteiger partial charge on any atom is 0.284 e. The van der Waals surface area contributed by atoms with Gasteiger partial charge in [0, 0.05) is 39.2 Å². The van der Waals surface area contributed by atoms with Crippen molar-refractivity contribution >= 4 is 0 Å². The molecule has 4 aromatic rings. The van der Waals surface area contributed by atoms with E-state index in [-0.39, 0.29) is 29.1 Å². The average Bonchev–Trinajstić information content (AvgIpc) is 2.98. The number of aryl methyl sites for hydroxylation is 6. The second-order valence-corrected chi connectivity index (χ2v) is 16.5. The highest BCUT2D eigenvalue weighted by atomic mass is 16.7.